The molecule has 0 saturated carbocycles. The molecule has 0 radical (unpaired) electrons. The molecule has 1 aliphatic rings. The standard InChI is InChI=1S/C7H13NO6/c9-1-3-4(11)5(12)7(14,2-10)6(13)8-3/h3-5,9-12,14H,1-2H2,(H,8,13)/t3-,4+,5+,7+/m1/s1. The first kappa shape index (κ1) is 11.3. The van der Waals surface area contributed by atoms with E-state index in [0.29, 0.717) is 0 Å². The molecule has 0 aromatic heterocycles. The number of hydrogen-bond acceptors (Lipinski definition) is 6. The van der Waals surface area contributed by atoms with E-state index in [-0.39, 0.29) is 0 Å². The molecule has 82 valence electrons. The van der Waals surface area contributed by atoms with E-state index in [4.69, 9.17) is 10.2 Å². The van der Waals surface area contributed by atoms with Gasteiger partial charge in [0, 0.05) is 0 Å². The van der Waals surface area contributed by atoms with Crippen LogP contribution in [0, 0.1) is 0 Å². The average molecular weight is 207 g/mol. The van der Waals surface area contributed by atoms with Crippen LogP contribution < -0.4 is 5.32 Å². The lowest BCUT2D eigenvalue weighted by molar-refractivity contribution is -0.191. The van der Waals surface area contributed by atoms with E-state index in [0.717, 1.165) is 0 Å². The minimum atomic E-state index is -2.41. The van der Waals surface area contributed by atoms with Crippen molar-refractivity contribution in [2.24, 2.45) is 0 Å². The first-order valence-corrected chi connectivity index (χ1v) is 4.08. The summed E-state index contributed by atoms with van der Waals surface area (Å²) in [7, 11) is 0. The van der Waals surface area contributed by atoms with Crippen molar-refractivity contribution < 1.29 is 30.3 Å². The van der Waals surface area contributed by atoms with Gasteiger partial charge in [0.25, 0.3) is 5.91 Å². The summed E-state index contributed by atoms with van der Waals surface area (Å²) in [6.45, 7) is -1.57. The van der Waals surface area contributed by atoms with Gasteiger partial charge < -0.3 is 30.8 Å². The smallest absolute Gasteiger partial charge is 0.257 e. The van der Waals surface area contributed by atoms with Crippen LogP contribution in [0.4, 0.5) is 0 Å². The zero-order chi connectivity index (χ0) is 10.9. The van der Waals surface area contributed by atoms with Gasteiger partial charge in [-0.2, -0.15) is 0 Å². The van der Waals surface area contributed by atoms with E-state index >= 15 is 0 Å². The fourth-order valence-electron chi connectivity index (χ4n) is 1.33. The SMILES string of the molecule is O=C1N[C@H](CO)[C@H](O)[C@H](O)[C@@]1(O)CO. The maximum absolute atomic E-state index is 11.2. The van der Waals surface area contributed by atoms with Crippen LogP contribution in [0.5, 0.6) is 0 Å². The molecule has 1 fully saturated rings. The van der Waals surface area contributed by atoms with E-state index in [1.807, 2.05) is 0 Å². The number of aliphatic hydroxyl groups is 5. The molecule has 1 rings (SSSR count). The third kappa shape index (κ3) is 1.49. The summed E-state index contributed by atoms with van der Waals surface area (Å²) in [5.74, 6) is -1.02. The number of carbonyl (C=O) groups excluding carboxylic acids is 1. The highest BCUT2D eigenvalue weighted by Gasteiger charge is 2.53. The van der Waals surface area contributed by atoms with Gasteiger partial charge in [0.05, 0.1) is 19.3 Å². The Hall–Kier alpha value is -0.730. The maximum Gasteiger partial charge on any atom is 0.257 e. The fraction of sp³-hybridized carbons (Fsp3) is 0.857. The summed E-state index contributed by atoms with van der Waals surface area (Å²) in [5.41, 5.74) is -2.41. The molecule has 0 bridgehead atoms. The normalized spacial score (nSPS) is 43.5. The molecule has 1 saturated heterocycles. The Morgan fingerprint density at radius 3 is 2.36 bits per heavy atom. The molecule has 14 heavy (non-hydrogen) atoms. The van der Waals surface area contributed by atoms with Crippen molar-refractivity contribution >= 4 is 5.91 Å². The molecule has 1 heterocycles. The number of hydrogen-bond donors (Lipinski definition) is 6. The van der Waals surface area contributed by atoms with E-state index in [2.05, 4.69) is 5.32 Å². The van der Waals surface area contributed by atoms with Crippen molar-refractivity contribution in [1.29, 1.82) is 0 Å². The van der Waals surface area contributed by atoms with Gasteiger partial charge in [0.2, 0.25) is 0 Å². The Morgan fingerprint density at radius 2 is 1.93 bits per heavy atom. The van der Waals surface area contributed by atoms with Gasteiger partial charge in [-0.15, -0.1) is 0 Å². The number of piperidine rings is 1. The molecule has 7 heteroatoms. The Morgan fingerprint density at radius 1 is 1.36 bits per heavy atom. The lowest BCUT2D eigenvalue weighted by Gasteiger charge is -2.41. The highest BCUT2D eigenvalue weighted by molar-refractivity contribution is 5.87. The van der Waals surface area contributed by atoms with Gasteiger partial charge in [-0.3, -0.25) is 4.79 Å². The summed E-state index contributed by atoms with van der Waals surface area (Å²) in [5, 5.41) is 47.6. The molecule has 1 amide bonds. The molecule has 0 aromatic rings. The van der Waals surface area contributed by atoms with Crippen LogP contribution in [0.1, 0.15) is 0 Å². The van der Waals surface area contributed by atoms with Gasteiger partial charge in [0.15, 0.2) is 5.60 Å². The zero-order valence-electron chi connectivity index (χ0n) is 7.29. The predicted octanol–water partition coefficient (Wildman–Crippen LogP) is -4.08. The lowest BCUT2D eigenvalue weighted by atomic mass is 9.85. The molecule has 0 unspecified atom stereocenters. The van der Waals surface area contributed by atoms with Gasteiger partial charge in [-0.05, 0) is 0 Å². The summed E-state index contributed by atoms with van der Waals surface area (Å²) < 4.78 is 0. The number of rotatable bonds is 2. The van der Waals surface area contributed by atoms with E-state index in [1.54, 1.807) is 0 Å². The molecular weight excluding hydrogens is 194 g/mol. The van der Waals surface area contributed by atoms with Crippen molar-refractivity contribution in [3.63, 3.8) is 0 Å². The van der Waals surface area contributed by atoms with Crippen molar-refractivity contribution in [3.8, 4) is 0 Å². The maximum atomic E-state index is 11.2. The highest BCUT2D eigenvalue weighted by Crippen LogP contribution is 2.21. The van der Waals surface area contributed by atoms with Crippen LogP contribution in [0.3, 0.4) is 0 Å². The largest absolute Gasteiger partial charge is 0.394 e. The number of nitrogens with one attached hydrogen (secondary N) is 1. The van der Waals surface area contributed by atoms with Crippen LogP contribution >= 0.6 is 0 Å². The summed E-state index contributed by atoms with van der Waals surface area (Å²) in [4.78, 5) is 11.2. The number of aliphatic hydroxyl groups excluding tert-OH is 4. The Kier molecular flexibility index (Phi) is 3.07. The average Bonchev–Trinajstić information content (AvgIpc) is 2.20. The van der Waals surface area contributed by atoms with Crippen LogP contribution in [-0.2, 0) is 4.79 Å². The van der Waals surface area contributed by atoms with Crippen molar-refractivity contribution in [3.05, 3.63) is 0 Å². The topological polar surface area (TPSA) is 130 Å². The number of carbonyl (C=O) groups is 1. The van der Waals surface area contributed by atoms with Crippen LogP contribution in [0.2, 0.25) is 0 Å². The monoisotopic (exact) mass is 207 g/mol. The van der Waals surface area contributed by atoms with Gasteiger partial charge in [-0.1, -0.05) is 0 Å². The quantitative estimate of drug-likeness (QED) is 0.273. The van der Waals surface area contributed by atoms with Gasteiger partial charge in [0.1, 0.15) is 12.2 Å². The molecule has 7 nitrogen and oxygen atoms in total. The van der Waals surface area contributed by atoms with Crippen LogP contribution in [-0.4, -0.2) is 68.5 Å². The second-order valence-corrected chi connectivity index (χ2v) is 3.28. The summed E-state index contributed by atoms with van der Waals surface area (Å²) in [6, 6.07) is -1.04. The van der Waals surface area contributed by atoms with E-state index < -0.39 is 43.0 Å². The minimum Gasteiger partial charge on any atom is -0.394 e. The molecule has 0 aromatic carbocycles. The van der Waals surface area contributed by atoms with E-state index in [9.17, 15) is 20.1 Å². The molecule has 0 aliphatic carbocycles. The third-order valence-electron chi connectivity index (χ3n) is 2.37. The second kappa shape index (κ2) is 3.79. The minimum absolute atomic E-state index is 0.564. The Labute approximate surface area is 79.6 Å². The Balaban J connectivity index is 2.90. The first-order chi connectivity index (χ1) is 6.47. The summed E-state index contributed by atoms with van der Waals surface area (Å²) in [6.07, 6.45) is -3.34. The lowest BCUT2D eigenvalue weighted by Crippen LogP contribution is -2.71. The molecular formula is C7H13NO6. The third-order valence-corrected chi connectivity index (χ3v) is 2.37. The van der Waals surface area contributed by atoms with Crippen LogP contribution in [0.25, 0.3) is 0 Å². The Bertz CT molecular complexity index is 234. The summed E-state index contributed by atoms with van der Waals surface area (Å²) >= 11 is 0. The highest BCUT2D eigenvalue weighted by atomic mass is 16.4. The fourth-order valence-corrected chi connectivity index (χ4v) is 1.33. The number of amides is 1. The first-order valence-electron chi connectivity index (χ1n) is 4.08. The van der Waals surface area contributed by atoms with Crippen molar-refractivity contribution in [2.75, 3.05) is 13.2 Å². The second-order valence-electron chi connectivity index (χ2n) is 3.28. The van der Waals surface area contributed by atoms with E-state index in [1.165, 1.54) is 0 Å². The predicted molar refractivity (Wildman–Crippen MR) is 43.1 cm³/mol. The van der Waals surface area contributed by atoms with Crippen molar-refractivity contribution in [2.45, 2.75) is 23.9 Å². The zero-order valence-corrected chi connectivity index (χ0v) is 7.29. The molecule has 1 aliphatic heterocycles. The molecule has 0 spiro atoms. The van der Waals surface area contributed by atoms with Gasteiger partial charge in [-0.25, -0.2) is 0 Å². The molecule has 6 N–H and O–H groups in total. The molecule has 4 atom stereocenters. The van der Waals surface area contributed by atoms with Crippen LogP contribution in [0.15, 0.2) is 0 Å². The van der Waals surface area contributed by atoms with Crippen molar-refractivity contribution in [1.82, 2.24) is 5.32 Å². The van der Waals surface area contributed by atoms with Gasteiger partial charge >= 0.3 is 0 Å².